The summed E-state index contributed by atoms with van der Waals surface area (Å²) in [5.74, 6) is -0.635. The Morgan fingerprint density at radius 3 is 2.71 bits per heavy atom. The van der Waals surface area contributed by atoms with Gasteiger partial charge < -0.3 is 24.1 Å². The maximum atomic E-state index is 9.84. The number of rotatable bonds is 0. The maximum Gasteiger partial charge on any atom is 0.186 e. The molecule has 0 aromatic carbocycles. The second-order valence-corrected chi connectivity index (χ2v) is 4.43. The molecule has 3 saturated heterocycles. The van der Waals surface area contributed by atoms with Gasteiger partial charge in [0.2, 0.25) is 0 Å². The van der Waals surface area contributed by atoms with Crippen molar-refractivity contribution in [2.75, 3.05) is 6.61 Å². The van der Waals surface area contributed by atoms with Crippen molar-refractivity contribution < 1.29 is 24.1 Å². The Labute approximate surface area is 81.9 Å². The van der Waals surface area contributed by atoms with Gasteiger partial charge in [-0.15, -0.1) is 0 Å². The molecule has 0 spiro atoms. The highest BCUT2D eigenvalue weighted by Crippen LogP contribution is 2.40. The van der Waals surface area contributed by atoms with Gasteiger partial charge in [0.15, 0.2) is 12.1 Å². The van der Waals surface area contributed by atoms with Crippen LogP contribution in [0.25, 0.3) is 0 Å². The van der Waals surface area contributed by atoms with Crippen molar-refractivity contribution in [3.05, 3.63) is 0 Å². The lowest BCUT2D eigenvalue weighted by atomic mass is 10.0. The van der Waals surface area contributed by atoms with Gasteiger partial charge >= 0.3 is 0 Å². The van der Waals surface area contributed by atoms with Crippen molar-refractivity contribution in [2.45, 2.75) is 50.3 Å². The van der Waals surface area contributed by atoms with Crippen LogP contribution in [0, 0.1) is 0 Å². The molecule has 0 aromatic rings. The van der Waals surface area contributed by atoms with Gasteiger partial charge in [0.1, 0.15) is 24.4 Å². The van der Waals surface area contributed by atoms with E-state index in [2.05, 4.69) is 0 Å². The molecule has 0 unspecified atom stereocenters. The van der Waals surface area contributed by atoms with Gasteiger partial charge in [-0.2, -0.15) is 0 Å². The molecule has 5 heteroatoms. The summed E-state index contributed by atoms with van der Waals surface area (Å²) in [4.78, 5) is 0. The lowest BCUT2D eigenvalue weighted by Crippen LogP contribution is -2.52. The predicted molar refractivity (Wildman–Crippen MR) is 44.4 cm³/mol. The highest BCUT2D eigenvalue weighted by molar-refractivity contribution is 4.99. The molecule has 0 aromatic heterocycles. The Bertz CT molecular complexity index is 246. The minimum absolute atomic E-state index is 0.102. The van der Waals surface area contributed by atoms with Gasteiger partial charge in [-0.25, -0.2) is 0 Å². The predicted octanol–water partition coefficient (Wildman–Crippen LogP) is -0.378. The average molecular weight is 202 g/mol. The summed E-state index contributed by atoms with van der Waals surface area (Å²) in [5.41, 5.74) is 0. The first-order valence-electron chi connectivity index (χ1n) is 4.88. The van der Waals surface area contributed by atoms with Crippen LogP contribution in [0.15, 0.2) is 0 Å². The molecule has 0 saturated carbocycles. The van der Waals surface area contributed by atoms with Crippen LogP contribution >= 0.6 is 0 Å². The number of aliphatic hydroxyl groups excluding tert-OH is 1. The molecule has 5 nitrogen and oxygen atoms in total. The third-order valence-corrected chi connectivity index (χ3v) is 2.88. The van der Waals surface area contributed by atoms with Crippen LogP contribution in [-0.4, -0.2) is 48.2 Å². The fourth-order valence-corrected chi connectivity index (χ4v) is 2.32. The summed E-state index contributed by atoms with van der Waals surface area (Å²) in [7, 11) is 0. The SMILES string of the molecule is CC1(C)O[C@@H]2[C@@H](O)[C@@H]3OC[C@@H](O3)[C@@H]2O1. The number of ether oxygens (including phenoxy) is 4. The molecule has 1 N–H and O–H groups in total. The monoisotopic (exact) mass is 202 g/mol. The Morgan fingerprint density at radius 2 is 1.93 bits per heavy atom. The van der Waals surface area contributed by atoms with E-state index in [0.29, 0.717) is 6.61 Å². The maximum absolute atomic E-state index is 9.84. The molecule has 3 fully saturated rings. The second kappa shape index (κ2) is 2.68. The van der Waals surface area contributed by atoms with Gasteiger partial charge in [-0.05, 0) is 13.8 Å². The molecule has 2 bridgehead atoms. The molecule has 14 heavy (non-hydrogen) atoms. The lowest BCUT2D eigenvalue weighted by Gasteiger charge is -2.31. The summed E-state index contributed by atoms with van der Waals surface area (Å²) in [6, 6.07) is 0. The van der Waals surface area contributed by atoms with Gasteiger partial charge in [0, 0.05) is 0 Å². The quantitative estimate of drug-likeness (QED) is 0.580. The summed E-state index contributed by atoms with van der Waals surface area (Å²) in [5, 5.41) is 9.84. The first kappa shape index (κ1) is 9.06. The molecule has 80 valence electrons. The molecule has 3 aliphatic rings. The van der Waals surface area contributed by atoms with Crippen LogP contribution in [0.2, 0.25) is 0 Å². The highest BCUT2D eigenvalue weighted by atomic mass is 16.8. The fourth-order valence-electron chi connectivity index (χ4n) is 2.32. The minimum Gasteiger partial charge on any atom is -0.385 e. The third kappa shape index (κ3) is 1.14. The van der Waals surface area contributed by atoms with Gasteiger partial charge in [0.05, 0.1) is 6.61 Å². The Morgan fingerprint density at radius 1 is 1.21 bits per heavy atom. The van der Waals surface area contributed by atoms with Gasteiger partial charge in [-0.3, -0.25) is 0 Å². The van der Waals surface area contributed by atoms with E-state index in [0.717, 1.165) is 0 Å². The van der Waals surface area contributed by atoms with Crippen molar-refractivity contribution in [3.8, 4) is 0 Å². The van der Waals surface area contributed by atoms with E-state index in [1.807, 2.05) is 13.8 Å². The standard InChI is InChI=1S/C9H14O5/c1-9(2)13-6-4-3-11-8(12-4)5(10)7(6)14-9/h4-8,10H,3H2,1-2H3/t4-,5-,6+,7-,8-/m1/s1. The molecular weight excluding hydrogens is 188 g/mol. The Balaban J connectivity index is 1.88. The Kier molecular flexibility index (Phi) is 1.73. The number of fused-ring (bicyclic) bond motifs is 4. The normalized spacial score (nSPS) is 54.6. The molecule has 0 amide bonds. The molecule has 0 aliphatic carbocycles. The molecule has 3 rings (SSSR count). The summed E-state index contributed by atoms with van der Waals surface area (Å²) in [6.07, 6.45) is -1.93. The average Bonchev–Trinajstić information content (AvgIpc) is 2.64. The van der Waals surface area contributed by atoms with Crippen LogP contribution in [-0.2, 0) is 18.9 Å². The number of hydrogen-bond acceptors (Lipinski definition) is 5. The van der Waals surface area contributed by atoms with Crippen LogP contribution < -0.4 is 0 Å². The fraction of sp³-hybridized carbons (Fsp3) is 1.00. The van der Waals surface area contributed by atoms with Gasteiger partial charge in [0.25, 0.3) is 0 Å². The van der Waals surface area contributed by atoms with Crippen LogP contribution in [0.3, 0.4) is 0 Å². The molecule has 5 atom stereocenters. The lowest BCUT2D eigenvalue weighted by molar-refractivity contribution is -0.204. The molecule has 3 aliphatic heterocycles. The van der Waals surface area contributed by atoms with E-state index in [-0.39, 0.29) is 18.3 Å². The number of hydrogen-bond donors (Lipinski definition) is 1. The van der Waals surface area contributed by atoms with E-state index in [1.54, 1.807) is 0 Å². The van der Waals surface area contributed by atoms with E-state index >= 15 is 0 Å². The summed E-state index contributed by atoms with van der Waals surface area (Å²) >= 11 is 0. The van der Waals surface area contributed by atoms with Gasteiger partial charge in [-0.1, -0.05) is 0 Å². The van der Waals surface area contributed by atoms with E-state index < -0.39 is 18.2 Å². The molecule has 3 heterocycles. The third-order valence-electron chi connectivity index (χ3n) is 2.88. The Hall–Kier alpha value is -0.200. The van der Waals surface area contributed by atoms with E-state index in [4.69, 9.17) is 18.9 Å². The number of aliphatic hydroxyl groups is 1. The summed E-state index contributed by atoms with van der Waals surface area (Å²) in [6.45, 7) is 4.15. The zero-order valence-electron chi connectivity index (χ0n) is 8.17. The van der Waals surface area contributed by atoms with Crippen LogP contribution in [0.4, 0.5) is 0 Å². The van der Waals surface area contributed by atoms with E-state index in [9.17, 15) is 5.11 Å². The summed E-state index contributed by atoms with van der Waals surface area (Å²) < 4.78 is 22.0. The van der Waals surface area contributed by atoms with E-state index in [1.165, 1.54) is 0 Å². The molecular formula is C9H14O5. The van der Waals surface area contributed by atoms with Crippen molar-refractivity contribution in [2.24, 2.45) is 0 Å². The highest BCUT2D eigenvalue weighted by Gasteiger charge is 2.57. The zero-order valence-corrected chi connectivity index (χ0v) is 8.17. The van der Waals surface area contributed by atoms with Crippen LogP contribution in [0.5, 0.6) is 0 Å². The first-order valence-corrected chi connectivity index (χ1v) is 4.88. The van der Waals surface area contributed by atoms with Crippen molar-refractivity contribution in [1.82, 2.24) is 0 Å². The topological polar surface area (TPSA) is 57.2 Å². The van der Waals surface area contributed by atoms with Crippen molar-refractivity contribution in [1.29, 1.82) is 0 Å². The first-order chi connectivity index (χ1) is 6.57. The zero-order chi connectivity index (χ0) is 9.92. The molecule has 0 radical (unpaired) electrons. The smallest absolute Gasteiger partial charge is 0.186 e. The van der Waals surface area contributed by atoms with Crippen molar-refractivity contribution in [3.63, 3.8) is 0 Å². The van der Waals surface area contributed by atoms with Crippen LogP contribution in [0.1, 0.15) is 13.8 Å². The largest absolute Gasteiger partial charge is 0.385 e. The minimum atomic E-state index is -0.750. The van der Waals surface area contributed by atoms with Crippen molar-refractivity contribution >= 4 is 0 Å². The second-order valence-electron chi connectivity index (χ2n) is 4.43.